The Morgan fingerprint density at radius 3 is 2.96 bits per heavy atom. The molecule has 0 saturated heterocycles. The van der Waals surface area contributed by atoms with Crippen LogP contribution < -0.4 is 10.7 Å². The summed E-state index contributed by atoms with van der Waals surface area (Å²) in [5.41, 5.74) is 1.42. The van der Waals surface area contributed by atoms with E-state index in [9.17, 15) is 9.59 Å². The zero-order valence-electron chi connectivity index (χ0n) is 11.9. The molecule has 3 aromatic heterocycles. The molecule has 1 aromatic carbocycles. The van der Waals surface area contributed by atoms with Gasteiger partial charge in [0, 0.05) is 23.3 Å². The van der Waals surface area contributed by atoms with E-state index in [0.29, 0.717) is 22.2 Å². The van der Waals surface area contributed by atoms with E-state index in [-0.39, 0.29) is 11.0 Å². The van der Waals surface area contributed by atoms with E-state index in [0.717, 1.165) is 0 Å². The number of para-hydroxylation sites is 1. The number of aromatic amines is 1. The predicted octanol–water partition coefficient (Wildman–Crippen LogP) is 1.82. The Hall–Kier alpha value is -3.48. The van der Waals surface area contributed by atoms with Gasteiger partial charge in [-0.05, 0) is 24.3 Å². The van der Waals surface area contributed by atoms with E-state index in [1.54, 1.807) is 41.0 Å². The molecule has 23 heavy (non-hydrogen) atoms. The van der Waals surface area contributed by atoms with Gasteiger partial charge in [0.2, 0.25) is 5.43 Å². The van der Waals surface area contributed by atoms with Crippen LogP contribution in [-0.4, -0.2) is 25.5 Å². The second-order valence-electron chi connectivity index (χ2n) is 4.98. The van der Waals surface area contributed by atoms with Crippen molar-refractivity contribution in [2.75, 3.05) is 5.32 Å². The molecular weight excluding hydrogens is 294 g/mol. The monoisotopic (exact) mass is 305 g/mol. The van der Waals surface area contributed by atoms with Crippen molar-refractivity contribution in [3.63, 3.8) is 0 Å². The van der Waals surface area contributed by atoms with Gasteiger partial charge >= 0.3 is 0 Å². The Kier molecular flexibility index (Phi) is 2.90. The van der Waals surface area contributed by atoms with Gasteiger partial charge in [-0.15, -0.1) is 0 Å². The molecule has 1 amide bonds. The number of pyridine rings is 2. The molecule has 0 atom stereocenters. The minimum absolute atomic E-state index is 0.0465. The van der Waals surface area contributed by atoms with E-state index in [1.807, 2.05) is 6.07 Å². The number of hydrogen-bond donors (Lipinski definition) is 2. The molecule has 0 bridgehead atoms. The molecule has 7 nitrogen and oxygen atoms in total. The predicted molar refractivity (Wildman–Crippen MR) is 85.5 cm³/mol. The Balaban J connectivity index is 1.76. The van der Waals surface area contributed by atoms with Crippen LogP contribution in [0.1, 0.15) is 10.4 Å². The summed E-state index contributed by atoms with van der Waals surface area (Å²) in [6.45, 7) is 0. The summed E-state index contributed by atoms with van der Waals surface area (Å²) in [6, 6.07) is 10.5. The first-order valence-corrected chi connectivity index (χ1v) is 6.94. The maximum atomic E-state index is 12.5. The van der Waals surface area contributed by atoms with Gasteiger partial charge in [-0.25, -0.2) is 9.50 Å². The molecule has 0 unspecified atom stereocenters. The van der Waals surface area contributed by atoms with Crippen LogP contribution in [-0.2, 0) is 0 Å². The molecule has 0 saturated carbocycles. The maximum Gasteiger partial charge on any atom is 0.261 e. The summed E-state index contributed by atoms with van der Waals surface area (Å²) < 4.78 is 1.54. The van der Waals surface area contributed by atoms with Crippen LogP contribution in [0.3, 0.4) is 0 Å². The van der Waals surface area contributed by atoms with E-state index in [4.69, 9.17) is 0 Å². The molecule has 4 aromatic rings. The number of nitrogens with one attached hydrogen (secondary N) is 2. The van der Waals surface area contributed by atoms with Crippen molar-refractivity contribution >= 4 is 28.1 Å². The average Bonchev–Trinajstić information content (AvgIpc) is 3.05. The second-order valence-corrected chi connectivity index (χ2v) is 4.98. The largest absolute Gasteiger partial charge is 0.360 e. The highest BCUT2D eigenvalue weighted by molar-refractivity contribution is 6.07. The van der Waals surface area contributed by atoms with E-state index >= 15 is 0 Å². The smallest absolute Gasteiger partial charge is 0.261 e. The number of benzene rings is 1. The molecular formula is C16H11N5O2. The fourth-order valence-corrected chi connectivity index (χ4v) is 2.47. The lowest BCUT2D eigenvalue weighted by atomic mass is 10.1. The van der Waals surface area contributed by atoms with Crippen molar-refractivity contribution in [3.8, 4) is 0 Å². The van der Waals surface area contributed by atoms with Gasteiger partial charge in [-0.1, -0.05) is 12.1 Å². The first-order chi connectivity index (χ1) is 11.2. The van der Waals surface area contributed by atoms with E-state index in [1.165, 1.54) is 12.5 Å². The minimum atomic E-state index is -0.492. The zero-order valence-corrected chi connectivity index (χ0v) is 11.9. The lowest BCUT2D eigenvalue weighted by Crippen LogP contribution is -2.22. The summed E-state index contributed by atoms with van der Waals surface area (Å²) in [5, 5.41) is 7.19. The SMILES string of the molecule is O=C(Nc1cccn2ncnc12)c1c[nH]c2ccccc2c1=O. The summed E-state index contributed by atoms with van der Waals surface area (Å²) in [7, 11) is 0. The third kappa shape index (κ3) is 2.15. The lowest BCUT2D eigenvalue weighted by Gasteiger charge is -2.06. The van der Waals surface area contributed by atoms with Crippen molar-refractivity contribution in [2.24, 2.45) is 0 Å². The normalized spacial score (nSPS) is 11.0. The number of carbonyl (C=O) groups excluding carboxylic acids is 1. The molecule has 4 rings (SSSR count). The summed E-state index contributed by atoms with van der Waals surface area (Å²) in [5.74, 6) is -0.492. The lowest BCUT2D eigenvalue weighted by molar-refractivity contribution is 0.102. The highest BCUT2D eigenvalue weighted by Crippen LogP contribution is 2.14. The van der Waals surface area contributed by atoms with Gasteiger partial charge < -0.3 is 10.3 Å². The first-order valence-electron chi connectivity index (χ1n) is 6.94. The quantitative estimate of drug-likeness (QED) is 0.591. The van der Waals surface area contributed by atoms with E-state index < -0.39 is 5.91 Å². The number of aromatic nitrogens is 4. The zero-order chi connectivity index (χ0) is 15.8. The van der Waals surface area contributed by atoms with Gasteiger partial charge in [0.15, 0.2) is 5.65 Å². The molecule has 2 N–H and O–H groups in total. The second kappa shape index (κ2) is 5.06. The van der Waals surface area contributed by atoms with Gasteiger partial charge in [0.25, 0.3) is 5.91 Å². The van der Waals surface area contributed by atoms with Crippen molar-refractivity contribution in [1.29, 1.82) is 0 Å². The van der Waals surface area contributed by atoms with Crippen LogP contribution in [0.5, 0.6) is 0 Å². The average molecular weight is 305 g/mol. The van der Waals surface area contributed by atoms with Crippen LogP contribution in [0.4, 0.5) is 5.69 Å². The van der Waals surface area contributed by atoms with Gasteiger partial charge in [0.1, 0.15) is 11.9 Å². The molecule has 3 heterocycles. The number of amides is 1. The number of hydrogen-bond acceptors (Lipinski definition) is 4. The molecule has 0 aliphatic carbocycles. The molecule has 0 aliphatic rings. The summed E-state index contributed by atoms with van der Waals surface area (Å²) in [4.78, 5) is 32.0. The van der Waals surface area contributed by atoms with Crippen molar-refractivity contribution in [3.05, 3.63) is 70.9 Å². The summed E-state index contributed by atoms with van der Waals surface area (Å²) >= 11 is 0. The van der Waals surface area contributed by atoms with Gasteiger partial charge in [-0.3, -0.25) is 9.59 Å². The minimum Gasteiger partial charge on any atom is -0.360 e. The molecule has 0 spiro atoms. The van der Waals surface area contributed by atoms with Gasteiger partial charge in [0.05, 0.1) is 5.69 Å². The van der Waals surface area contributed by atoms with Crippen LogP contribution in [0, 0.1) is 0 Å². The van der Waals surface area contributed by atoms with Crippen molar-refractivity contribution < 1.29 is 4.79 Å². The molecule has 0 aliphatic heterocycles. The number of H-pyrrole nitrogens is 1. The molecule has 7 heteroatoms. The number of fused-ring (bicyclic) bond motifs is 2. The Bertz CT molecular complexity index is 1100. The van der Waals surface area contributed by atoms with Crippen molar-refractivity contribution in [2.45, 2.75) is 0 Å². The number of nitrogens with zero attached hydrogens (tertiary/aromatic N) is 3. The molecule has 0 radical (unpaired) electrons. The fourth-order valence-electron chi connectivity index (χ4n) is 2.47. The molecule has 112 valence electrons. The number of anilines is 1. The fraction of sp³-hybridized carbons (Fsp3) is 0. The molecule has 0 fully saturated rings. The Labute approximate surface area is 129 Å². The third-order valence-electron chi connectivity index (χ3n) is 3.59. The number of carbonyl (C=O) groups is 1. The number of rotatable bonds is 2. The van der Waals surface area contributed by atoms with Gasteiger partial charge in [-0.2, -0.15) is 5.10 Å². The van der Waals surface area contributed by atoms with Crippen LogP contribution in [0.25, 0.3) is 16.6 Å². The summed E-state index contributed by atoms with van der Waals surface area (Å²) in [6.07, 6.45) is 4.54. The topological polar surface area (TPSA) is 92.2 Å². The highest BCUT2D eigenvalue weighted by Gasteiger charge is 2.14. The van der Waals surface area contributed by atoms with Crippen molar-refractivity contribution in [1.82, 2.24) is 19.6 Å². The van der Waals surface area contributed by atoms with Crippen LogP contribution >= 0.6 is 0 Å². The van der Waals surface area contributed by atoms with Crippen LogP contribution in [0.2, 0.25) is 0 Å². The Morgan fingerprint density at radius 2 is 2.04 bits per heavy atom. The maximum absolute atomic E-state index is 12.5. The van der Waals surface area contributed by atoms with E-state index in [2.05, 4.69) is 20.4 Å². The Morgan fingerprint density at radius 1 is 1.17 bits per heavy atom. The third-order valence-corrected chi connectivity index (χ3v) is 3.59. The standard InChI is InChI=1S/C16H11N5O2/c22-14-10-4-1-2-5-12(10)17-8-11(14)16(23)20-13-6-3-7-21-15(13)18-9-19-21/h1-9H,(H,17,22)(H,20,23). The van der Waals surface area contributed by atoms with Crippen LogP contribution in [0.15, 0.2) is 59.9 Å². The highest BCUT2D eigenvalue weighted by atomic mass is 16.2. The first kappa shape index (κ1) is 13.2.